The number of benzene rings is 2. The number of hydrogen-bond acceptors (Lipinski definition) is 3. The van der Waals surface area contributed by atoms with E-state index < -0.39 is 22.5 Å². The number of hydrogen-bond donors (Lipinski definition) is 1. The van der Waals surface area contributed by atoms with Crippen LogP contribution in [0, 0.1) is 3.57 Å². The average molecular weight is 485 g/mol. The van der Waals surface area contributed by atoms with Crippen molar-refractivity contribution in [2.75, 3.05) is 10.8 Å². The quantitative estimate of drug-likeness (QED) is 0.661. The van der Waals surface area contributed by atoms with Gasteiger partial charge in [0, 0.05) is 3.57 Å². The van der Waals surface area contributed by atoms with Gasteiger partial charge in [0.15, 0.2) is 0 Å². The average Bonchev–Trinajstić information content (AvgIpc) is 2.48. The number of carbonyl (C=O) groups excluding carboxylic acids is 1. The van der Waals surface area contributed by atoms with Gasteiger partial charge in [-0.1, -0.05) is 35.3 Å². The Morgan fingerprint density at radius 1 is 1.13 bits per heavy atom. The van der Waals surface area contributed by atoms with Crippen molar-refractivity contribution in [2.45, 2.75) is 4.90 Å². The predicted octanol–water partition coefficient (Wildman–Crippen LogP) is 3.28. The molecule has 0 aliphatic carbocycles. The third kappa shape index (κ3) is 4.09. The summed E-state index contributed by atoms with van der Waals surface area (Å²) in [6, 6.07) is 10.7. The summed E-state index contributed by atoms with van der Waals surface area (Å²) in [5.41, 5.74) is 5.57. The summed E-state index contributed by atoms with van der Waals surface area (Å²) >= 11 is 13.7. The van der Waals surface area contributed by atoms with Crippen LogP contribution in [0.2, 0.25) is 10.0 Å². The maximum atomic E-state index is 12.9. The minimum Gasteiger partial charge on any atom is -0.368 e. The van der Waals surface area contributed by atoms with Crippen LogP contribution in [0.15, 0.2) is 47.4 Å². The summed E-state index contributed by atoms with van der Waals surface area (Å²) in [7, 11) is -4.03. The largest absolute Gasteiger partial charge is 0.368 e. The maximum Gasteiger partial charge on any atom is 0.264 e. The van der Waals surface area contributed by atoms with Gasteiger partial charge in [-0.15, -0.1) is 0 Å². The van der Waals surface area contributed by atoms with E-state index in [1.165, 1.54) is 18.2 Å². The number of halogens is 3. The van der Waals surface area contributed by atoms with Crippen molar-refractivity contribution in [3.05, 3.63) is 56.1 Å². The number of rotatable bonds is 5. The molecule has 2 rings (SSSR count). The van der Waals surface area contributed by atoms with Crippen LogP contribution < -0.4 is 10.0 Å². The van der Waals surface area contributed by atoms with E-state index in [0.29, 0.717) is 9.26 Å². The Balaban J connectivity index is 2.60. The van der Waals surface area contributed by atoms with Crippen LogP contribution in [0.1, 0.15) is 0 Å². The van der Waals surface area contributed by atoms with Crippen LogP contribution in [-0.4, -0.2) is 20.9 Å². The Morgan fingerprint density at radius 2 is 1.78 bits per heavy atom. The molecule has 2 N–H and O–H groups in total. The van der Waals surface area contributed by atoms with Crippen LogP contribution in [0.3, 0.4) is 0 Å². The zero-order valence-corrected chi connectivity index (χ0v) is 16.0. The molecule has 0 bridgehead atoms. The highest BCUT2D eigenvalue weighted by Crippen LogP contribution is 2.31. The Morgan fingerprint density at radius 3 is 2.35 bits per heavy atom. The van der Waals surface area contributed by atoms with Crippen molar-refractivity contribution in [3.63, 3.8) is 0 Å². The minimum atomic E-state index is -4.03. The maximum absolute atomic E-state index is 12.9. The standard InChI is InChI=1S/C14H11Cl2IN2O3S/c15-10-6-5-9(7-11(10)16)23(21,22)19(8-14(18)20)13-4-2-1-3-12(13)17/h1-7H,8H2,(H2,18,20). The molecule has 0 aliphatic heterocycles. The van der Waals surface area contributed by atoms with Crippen LogP contribution in [-0.2, 0) is 14.8 Å². The molecular weight excluding hydrogens is 474 g/mol. The van der Waals surface area contributed by atoms with Gasteiger partial charge in [-0.05, 0) is 52.9 Å². The number of nitrogens with two attached hydrogens (primary N) is 1. The van der Waals surface area contributed by atoms with Gasteiger partial charge in [0.2, 0.25) is 5.91 Å². The van der Waals surface area contributed by atoms with Crippen LogP contribution in [0.4, 0.5) is 5.69 Å². The Kier molecular flexibility index (Phi) is 5.77. The molecule has 9 heteroatoms. The van der Waals surface area contributed by atoms with E-state index >= 15 is 0 Å². The lowest BCUT2D eigenvalue weighted by molar-refractivity contribution is -0.116. The van der Waals surface area contributed by atoms with Crippen molar-refractivity contribution in [2.24, 2.45) is 5.73 Å². The molecule has 0 radical (unpaired) electrons. The summed E-state index contributed by atoms with van der Waals surface area (Å²) < 4.78 is 27.4. The molecule has 23 heavy (non-hydrogen) atoms. The van der Waals surface area contributed by atoms with Crippen molar-refractivity contribution in [1.29, 1.82) is 0 Å². The molecule has 5 nitrogen and oxygen atoms in total. The SMILES string of the molecule is NC(=O)CN(c1ccccc1I)S(=O)(=O)c1ccc(Cl)c(Cl)c1. The third-order valence-corrected chi connectivity index (χ3v) is 6.31. The number of sulfonamides is 1. The molecule has 0 fully saturated rings. The number of carbonyl (C=O) groups is 1. The molecule has 2 aromatic carbocycles. The fourth-order valence-corrected chi connectivity index (χ4v) is 4.54. The Labute approximate surface area is 157 Å². The van der Waals surface area contributed by atoms with E-state index in [1.54, 1.807) is 24.3 Å². The summed E-state index contributed by atoms with van der Waals surface area (Å²) in [5.74, 6) is -0.770. The highest BCUT2D eigenvalue weighted by Gasteiger charge is 2.28. The lowest BCUT2D eigenvalue weighted by atomic mass is 10.3. The number of primary amides is 1. The van der Waals surface area contributed by atoms with Crippen LogP contribution in [0.25, 0.3) is 0 Å². The molecular formula is C14H11Cl2IN2O3S. The number of anilines is 1. The van der Waals surface area contributed by atoms with Gasteiger partial charge >= 0.3 is 0 Å². The molecule has 0 heterocycles. The van der Waals surface area contributed by atoms with Gasteiger partial charge in [0.25, 0.3) is 10.0 Å². The van der Waals surface area contributed by atoms with Gasteiger partial charge in [-0.2, -0.15) is 0 Å². The molecule has 0 atom stereocenters. The molecule has 0 aromatic heterocycles. The van der Waals surface area contributed by atoms with Gasteiger partial charge in [0.05, 0.1) is 20.6 Å². The van der Waals surface area contributed by atoms with E-state index in [-0.39, 0.29) is 14.9 Å². The van der Waals surface area contributed by atoms with Crippen LogP contribution in [0.5, 0.6) is 0 Å². The normalized spacial score (nSPS) is 11.3. The fourth-order valence-electron chi connectivity index (χ4n) is 1.86. The number of para-hydroxylation sites is 1. The predicted molar refractivity (Wildman–Crippen MR) is 99.3 cm³/mol. The highest BCUT2D eigenvalue weighted by atomic mass is 127. The van der Waals surface area contributed by atoms with E-state index in [1.807, 2.05) is 22.6 Å². The van der Waals surface area contributed by atoms with Crippen molar-refractivity contribution < 1.29 is 13.2 Å². The molecule has 0 aliphatic rings. The number of nitrogens with zero attached hydrogens (tertiary/aromatic N) is 1. The smallest absolute Gasteiger partial charge is 0.264 e. The van der Waals surface area contributed by atoms with Gasteiger partial charge in [-0.3, -0.25) is 9.10 Å². The molecule has 0 saturated carbocycles. The summed E-state index contributed by atoms with van der Waals surface area (Å²) in [6.07, 6.45) is 0. The summed E-state index contributed by atoms with van der Waals surface area (Å²) in [6.45, 7) is -0.484. The monoisotopic (exact) mass is 484 g/mol. The number of amides is 1. The van der Waals surface area contributed by atoms with E-state index in [2.05, 4.69) is 0 Å². The van der Waals surface area contributed by atoms with Crippen molar-refractivity contribution in [3.8, 4) is 0 Å². The van der Waals surface area contributed by atoms with Crippen LogP contribution >= 0.6 is 45.8 Å². The third-order valence-electron chi connectivity index (χ3n) is 2.90. The first-order valence-electron chi connectivity index (χ1n) is 6.24. The van der Waals surface area contributed by atoms with E-state index in [9.17, 15) is 13.2 Å². The van der Waals surface area contributed by atoms with E-state index in [4.69, 9.17) is 28.9 Å². The highest BCUT2D eigenvalue weighted by molar-refractivity contribution is 14.1. The van der Waals surface area contributed by atoms with E-state index in [0.717, 1.165) is 4.31 Å². The lowest BCUT2D eigenvalue weighted by Crippen LogP contribution is -2.39. The second-order valence-corrected chi connectivity index (χ2v) is 8.34. The molecule has 0 spiro atoms. The summed E-state index contributed by atoms with van der Waals surface area (Å²) in [5, 5.41) is 0.343. The molecule has 1 amide bonds. The first kappa shape index (κ1) is 18.3. The van der Waals surface area contributed by atoms with Crippen molar-refractivity contribution in [1.82, 2.24) is 0 Å². The van der Waals surface area contributed by atoms with Crippen molar-refractivity contribution >= 4 is 67.4 Å². The lowest BCUT2D eigenvalue weighted by Gasteiger charge is -2.24. The first-order chi connectivity index (χ1) is 10.7. The van der Waals surface area contributed by atoms with Gasteiger partial charge in [0.1, 0.15) is 6.54 Å². The molecule has 0 saturated heterocycles. The Bertz CT molecular complexity index is 859. The second-order valence-electron chi connectivity index (χ2n) is 4.51. The first-order valence-corrected chi connectivity index (χ1v) is 9.51. The fraction of sp³-hybridized carbons (Fsp3) is 0.0714. The minimum absolute atomic E-state index is 0.0761. The van der Waals surface area contributed by atoms with Gasteiger partial charge < -0.3 is 5.73 Å². The second kappa shape index (κ2) is 7.25. The molecule has 0 unspecified atom stereocenters. The van der Waals surface area contributed by atoms with Gasteiger partial charge in [-0.25, -0.2) is 8.42 Å². The zero-order valence-electron chi connectivity index (χ0n) is 11.5. The molecule has 122 valence electrons. The molecule has 2 aromatic rings. The Hall–Kier alpha value is -1.03. The zero-order chi connectivity index (χ0) is 17.2. The topological polar surface area (TPSA) is 80.5 Å². The summed E-state index contributed by atoms with van der Waals surface area (Å²) in [4.78, 5) is 11.3.